The summed E-state index contributed by atoms with van der Waals surface area (Å²) in [6.45, 7) is 8.09. The summed E-state index contributed by atoms with van der Waals surface area (Å²) in [6, 6.07) is 2.51. The lowest BCUT2D eigenvalue weighted by molar-refractivity contribution is 0.0632. The number of hydrogen-bond donors (Lipinski definition) is 3. The van der Waals surface area contributed by atoms with E-state index in [-0.39, 0.29) is 21.8 Å². The van der Waals surface area contributed by atoms with Gasteiger partial charge < -0.3 is 14.9 Å². The molecule has 0 fully saturated rings. The SMILES string of the molecule is CC(C)(C)OC(=O)Nc1cc(Cl)c(C(=O)O)cc1C(C)(C)O. The van der Waals surface area contributed by atoms with Gasteiger partial charge in [0.1, 0.15) is 5.60 Å². The van der Waals surface area contributed by atoms with Crippen LogP contribution in [0.2, 0.25) is 5.02 Å². The Morgan fingerprint density at radius 1 is 1.18 bits per heavy atom. The Balaban J connectivity index is 3.26. The Kier molecular flexibility index (Phi) is 5.10. The number of amides is 1. The Hall–Kier alpha value is -1.79. The fraction of sp³-hybridized carbons (Fsp3) is 0.467. The molecule has 122 valence electrons. The molecule has 0 aromatic heterocycles. The van der Waals surface area contributed by atoms with Crippen LogP contribution >= 0.6 is 11.6 Å². The van der Waals surface area contributed by atoms with Crippen LogP contribution in [-0.4, -0.2) is 27.9 Å². The van der Waals surface area contributed by atoms with E-state index >= 15 is 0 Å². The van der Waals surface area contributed by atoms with E-state index in [0.29, 0.717) is 0 Å². The Morgan fingerprint density at radius 3 is 2.14 bits per heavy atom. The molecule has 0 aliphatic carbocycles. The van der Waals surface area contributed by atoms with Gasteiger partial charge in [-0.1, -0.05) is 11.6 Å². The number of aliphatic hydroxyl groups is 1. The number of benzene rings is 1. The standard InChI is InChI=1S/C15H20ClNO5/c1-14(2,3)22-13(20)17-11-7-10(16)8(12(18)19)6-9(11)15(4,5)21/h6-7,21H,1-5H3,(H,17,20)(H,18,19). The summed E-state index contributed by atoms with van der Waals surface area (Å²) >= 11 is 5.91. The van der Waals surface area contributed by atoms with E-state index in [2.05, 4.69) is 5.32 Å². The van der Waals surface area contributed by atoms with Gasteiger partial charge in [0.15, 0.2) is 0 Å². The molecule has 0 aliphatic heterocycles. The highest BCUT2D eigenvalue weighted by Crippen LogP contribution is 2.33. The highest BCUT2D eigenvalue weighted by atomic mass is 35.5. The van der Waals surface area contributed by atoms with Crippen LogP contribution in [-0.2, 0) is 10.3 Å². The Bertz CT molecular complexity index is 599. The monoisotopic (exact) mass is 329 g/mol. The minimum atomic E-state index is -1.38. The number of carboxylic acids is 1. The molecule has 6 nitrogen and oxygen atoms in total. The quantitative estimate of drug-likeness (QED) is 0.787. The van der Waals surface area contributed by atoms with Crippen LogP contribution < -0.4 is 5.32 Å². The molecule has 0 bridgehead atoms. The maximum atomic E-state index is 11.9. The molecule has 7 heteroatoms. The molecular weight excluding hydrogens is 310 g/mol. The average Bonchev–Trinajstić information content (AvgIpc) is 2.23. The van der Waals surface area contributed by atoms with Crippen molar-refractivity contribution in [2.75, 3.05) is 5.32 Å². The zero-order chi connectivity index (χ0) is 17.3. The van der Waals surface area contributed by atoms with Crippen molar-refractivity contribution < 1.29 is 24.5 Å². The normalized spacial score (nSPS) is 12.0. The van der Waals surface area contributed by atoms with Gasteiger partial charge in [-0.25, -0.2) is 9.59 Å². The van der Waals surface area contributed by atoms with E-state index in [1.54, 1.807) is 20.8 Å². The molecule has 0 atom stereocenters. The maximum Gasteiger partial charge on any atom is 0.412 e. The third-order valence-electron chi connectivity index (χ3n) is 2.63. The number of carboxylic acid groups (broad SMARTS) is 1. The number of halogens is 1. The summed E-state index contributed by atoms with van der Waals surface area (Å²) < 4.78 is 5.14. The number of anilines is 1. The van der Waals surface area contributed by atoms with Gasteiger partial charge in [-0.2, -0.15) is 0 Å². The highest BCUT2D eigenvalue weighted by Gasteiger charge is 2.26. The highest BCUT2D eigenvalue weighted by molar-refractivity contribution is 6.34. The molecule has 22 heavy (non-hydrogen) atoms. The molecule has 0 spiro atoms. The number of carbonyl (C=O) groups excluding carboxylic acids is 1. The number of hydrogen-bond acceptors (Lipinski definition) is 4. The summed E-state index contributed by atoms with van der Waals surface area (Å²) in [6.07, 6.45) is -0.725. The first-order valence-electron chi connectivity index (χ1n) is 6.61. The molecule has 0 radical (unpaired) electrons. The molecule has 1 aromatic rings. The van der Waals surface area contributed by atoms with Gasteiger partial charge in [0.25, 0.3) is 0 Å². The van der Waals surface area contributed by atoms with E-state index < -0.39 is 23.3 Å². The van der Waals surface area contributed by atoms with E-state index in [1.807, 2.05) is 0 Å². The van der Waals surface area contributed by atoms with Crippen LogP contribution in [0.25, 0.3) is 0 Å². The van der Waals surface area contributed by atoms with Crippen LogP contribution in [0.4, 0.5) is 10.5 Å². The Labute approximate surface area is 134 Å². The van der Waals surface area contributed by atoms with Crippen LogP contribution in [0.5, 0.6) is 0 Å². The number of aromatic carboxylic acids is 1. The minimum absolute atomic E-state index is 0.0495. The molecule has 0 saturated heterocycles. The van der Waals surface area contributed by atoms with Crippen molar-refractivity contribution in [2.45, 2.75) is 45.8 Å². The molecule has 0 aliphatic rings. The van der Waals surface area contributed by atoms with Crippen molar-refractivity contribution in [3.8, 4) is 0 Å². The first kappa shape index (κ1) is 18.3. The zero-order valence-electron chi connectivity index (χ0n) is 13.2. The predicted molar refractivity (Wildman–Crippen MR) is 83.5 cm³/mol. The number of carbonyl (C=O) groups is 2. The van der Waals surface area contributed by atoms with E-state index in [0.717, 1.165) is 0 Å². The van der Waals surface area contributed by atoms with Crippen molar-refractivity contribution in [3.63, 3.8) is 0 Å². The van der Waals surface area contributed by atoms with Gasteiger partial charge in [0.2, 0.25) is 0 Å². The summed E-state index contributed by atoms with van der Waals surface area (Å²) in [5.74, 6) is -1.22. The van der Waals surface area contributed by atoms with Gasteiger partial charge in [0.05, 0.1) is 21.9 Å². The molecule has 1 aromatic carbocycles. The van der Waals surface area contributed by atoms with Crippen LogP contribution in [0, 0.1) is 0 Å². The molecule has 1 amide bonds. The molecule has 0 unspecified atom stereocenters. The van der Waals surface area contributed by atoms with Gasteiger partial charge in [0, 0.05) is 5.56 Å². The molecule has 1 rings (SSSR count). The topological polar surface area (TPSA) is 95.9 Å². The first-order chi connectivity index (χ1) is 9.81. The van der Waals surface area contributed by atoms with Crippen LogP contribution in [0.1, 0.15) is 50.5 Å². The largest absolute Gasteiger partial charge is 0.478 e. The zero-order valence-corrected chi connectivity index (χ0v) is 13.9. The number of nitrogens with one attached hydrogen (secondary N) is 1. The lowest BCUT2D eigenvalue weighted by Crippen LogP contribution is -2.28. The van der Waals surface area contributed by atoms with Gasteiger partial charge >= 0.3 is 12.1 Å². The second-order valence-corrected chi connectivity index (χ2v) is 6.78. The summed E-state index contributed by atoms with van der Waals surface area (Å²) in [5, 5.41) is 21.7. The van der Waals surface area contributed by atoms with Gasteiger partial charge in [-0.3, -0.25) is 5.32 Å². The predicted octanol–water partition coefficient (Wildman–Crippen LogP) is 3.61. The lowest BCUT2D eigenvalue weighted by Gasteiger charge is -2.24. The lowest BCUT2D eigenvalue weighted by atomic mass is 9.94. The second-order valence-electron chi connectivity index (χ2n) is 6.37. The number of rotatable bonds is 3. The van der Waals surface area contributed by atoms with Crippen LogP contribution in [0.3, 0.4) is 0 Å². The molecule has 3 N–H and O–H groups in total. The first-order valence-corrected chi connectivity index (χ1v) is 6.99. The number of ether oxygens (including phenoxy) is 1. The third kappa shape index (κ3) is 4.89. The summed E-state index contributed by atoms with van der Waals surface area (Å²) in [5.41, 5.74) is -1.81. The summed E-state index contributed by atoms with van der Waals surface area (Å²) in [4.78, 5) is 23.0. The van der Waals surface area contributed by atoms with Crippen molar-refractivity contribution in [2.24, 2.45) is 0 Å². The van der Waals surface area contributed by atoms with Gasteiger partial charge in [-0.05, 0) is 46.8 Å². The average molecular weight is 330 g/mol. The van der Waals surface area contributed by atoms with Crippen molar-refractivity contribution in [3.05, 3.63) is 28.3 Å². The maximum absolute atomic E-state index is 11.9. The fourth-order valence-electron chi connectivity index (χ4n) is 1.76. The van der Waals surface area contributed by atoms with Crippen molar-refractivity contribution in [1.82, 2.24) is 0 Å². The molecular formula is C15H20ClNO5. The smallest absolute Gasteiger partial charge is 0.412 e. The van der Waals surface area contributed by atoms with Crippen molar-refractivity contribution >= 4 is 29.4 Å². The second kappa shape index (κ2) is 6.14. The fourth-order valence-corrected chi connectivity index (χ4v) is 2.00. The van der Waals surface area contributed by atoms with E-state index in [1.165, 1.54) is 26.0 Å². The molecule has 0 saturated carbocycles. The van der Waals surface area contributed by atoms with E-state index in [4.69, 9.17) is 21.4 Å². The summed E-state index contributed by atoms with van der Waals surface area (Å²) in [7, 11) is 0. The minimum Gasteiger partial charge on any atom is -0.478 e. The van der Waals surface area contributed by atoms with Crippen LogP contribution in [0.15, 0.2) is 12.1 Å². The Morgan fingerprint density at radius 2 is 1.73 bits per heavy atom. The third-order valence-corrected chi connectivity index (χ3v) is 2.95. The molecule has 0 heterocycles. The van der Waals surface area contributed by atoms with E-state index in [9.17, 15) is 14.7 Å². The van der Waals surface area contributed by atoms with Gasteiger partial charge in [-0.15, -0.1) is 0 Å². The van der Waals surface area contributed by atoms with Crippen molar-refractivity contribution in [1.29, 1.82) is 0 Å².